The fourth-order valence-electron chi connectivity index (χ4n) is 2.65. The Hall–Kier alpha value is -2.80. The summed E-state index contributed by atoms with van der Waals surface area (Å²) in [5.74, 6) is 1.27. The average Bonchev–Trinajstić information content (AvgIpc) is 3.20. The van der Waals surface area contributed by atoms with Crippen LogP contribution in [0.4, 0.5) is 0 Å². The number of aromatic amines is 1. The van der Waals surface area contributed by atoms with Crippen LogP contribution in [-0.2, 0) is 5.75 Å². The Morgan fingerprint density at radius 3 is 2.77 bits per heavy atom. The van der Waals surface area contributed by atoms with E-state index >= 15 is 0 Å². The number of hydrogen-bond donors (Lipinski definition) is 2. The van der Waals surface area contributed by atoms with E-state index in [1.165, 1.54) is 18.1 Å². The van der Waals surface area contributed by atoms with Crippen molar-refractivity contribution in [3.05, 3.63) is 71.5 Å². The lowest BCUT2D eigenvalue weighted by Crippen LogP contribution is -2.27. The van der Waals surface area contributed by atoms with Crippen LogP contribution in [0.3, 0.4) is 0 Å². The maximum atomic E-state index is 12.8. The van der Waals surface area contributed by atoms with E-state index in [4.69, 9.17) is 4.74 Å². The number of rotatable bonds is 7. The first kappa shape index (κ1) is 18.0. The predicted octanol–water partition coefficient (Wildman–Crippen LogP) is 3.60. The predicted molar refractivity (Wildman–Crippen MR) is 101 cm³/mol. The molecule has 26 heavy (non-hydrogen) atoms. The normalized spacial score (nSPS) is 11.8. The molecule has 134 valence electrons. The minimum absolute atomic E-state index is 0.114. The summed E-state index contributed by atoms with van der Waals surface area (Å²) in [5.41, 5.74) is 2.54. The third kappa shape index (κ3) is 4.23. The number of hydrogen-bond acceptors (Lipinski definition) is 5. The van der Waals surface area contributed by atoms with Crippen LogP contribution in [0.2, 0.25) is 0 Å². The fourth-order valence-corrected chi connectivity index (χ4v) is 3.44. The van der Waals surface area contributed by atoms with Crippen molar-refractivity contribution in [2.45, 2.75) is 23.9 Å². The average molecular weight is 368 g/mol. The number of methoxy groups -OCH3 is 1. The minimum atomic E-state index is -0.173. The van der Waals surface area contributed by atoms with E-state index in [1.807, 2.05) is 55.5 Å². The quantitative estimate of drug-likeness (QED) is 0.623. The SMILES string of the molecule is COc1ccccc1[C@@H](C)NC(=O)c1ccccc1CSc1ncn[nH]1. The second-order valence-electron chi connectivity index (χ2n) is 5.67. The summed E-state index contributed by atoms with van der Waals surface area (Å²) in [4.78, 5) is 16.9. The highest BCUT2D eigenvalue weighted by molar-refractivity contribution is 7.98. The summed E-state index contributed by atoms with van der Waals surface area (Å²) >= 11 is 1.50. The summed E-state index contributed by atoms with van der Waals surface area (Å²) in [6.45, 7) is 1.95. The smallest absolute Gasteiger partial charge is 0.252 e. The topological polar surface area (TPSA) is 79.9 Å². The van der Waals surface area contributed by atoms with Crippen molar-refractivity contribution in [3.8, 4) is 5.75 Å². The number of aromatic nitrogens is 3. The Bertz CT molecular complexity index is 867. The minimum Gasteiger partial charge on any atom is -0.496 e. The standard InChI is InChI=1S/C19H20N4O2S/c1-13(15-8-5-6-10-17(15)25-2)22-18(24)16-9-4-3-7-14(16)11-26-19-20-12-21-23-19/h3-10,12-13H,11H2,1-2H3,(H,22,24)(H,20,21,23)/t13-/m1/s1. The third-order valence-corrected chi connectivity index (χ3v) is 4.90. The van der Waals surface area contributed by atoms with Gasteiger partial charge in [-0.25, -0.2) is 4.98 Å². The molecule has 0 bridgehead atoms. The second-order valence-corrected chi connectivity index (χ2v) is 6.64. The van der Waals surface area contributed by atoms with Crippen LogP contribution in [0.5, 0.6) is 5.75 Å². The Kier molecular flexibility index (Phi) is 5.91. The Morgan fingerprint density at radius 1 is 1.23 bits per heavy atom. The van der Waals surface area contributed by atoms with Crippen LogP contribution in [0.25, 0.3) is 0 Å². The van der Waals surface area contributed by atoms with E-state index in [1.54, 1.807) is 7.11 Å². The molecule has 3 rings (SSSR count). The Balaban J connectivity index is 1.73. The van der Waals surface area contributed by atoms with Gasteiger partial charge >= 0.3 is 0 Å². The summed E-state index contributed by atoms with van der Waals surface area (Å²) in [5, 5.41) is 10.4. The largest absolute Gasteiger partial charge is 0.496 e. The number of ether oxygens (including phenoxy) is 1. The van der Waals surface area contributed by atoms with Gasteiger partial charge in [0.1, 0.15) is 12.1 Å². The van der Waals surface area contributed by atoms with Gasteiger partial charge in [0.2, 0.25) is 0 Å². The van der Waals surface area contributed by atoms with Crippen LogP contribution in [-0.4, -0.2) is 28.2 Å². The zero-order valence-corrected chi connectivity index (χ0v) is 15.4. The number of nitrogens with zero attached hydrogens (tertiary/aromatic N) is 2. The molecular formula is C19H20N4O2S. The molecule has 0 unspecified atom stereocenters. The van der Waals surface area contributed by atoms with Crippen LogP contribution in [0.1, 0.15) is 34.5 Å². The fraction of sp³-hybridized carbons (Fsp3) is 0.211. The molecule has 2 N–H and O–H groups in total. The van der Waals surface area contributed by atoms with E-state index in [0.717, 1.165) is 22.0 Å². The van der Waals surface area contributed by atoms with Crippen molar-refractivity contribution in [2.75, 3.05) is 7.11 Å². The second kappa shape index (κ2) is 8.53. The van der Waals surface area contributed by atoms with Gasteiger partial charge in [0.05, 0.1) is 13.2 Å². The number of amides is 1. The maximum absolute atomic E-state index is 12.8. The molecule has 0 fully saturated rings. The number of benzene rings is 2. The van der Waals surface area contributed by atoms with Crippen LogP contribution < -0.4 is 10.1 Å². The first-order chi connectivity index (χ1) is 12.7. The van der Waals surface area contributed by atoms with Gasteiger partial charge in [0, 0.05) is 16.9 Å². The van der Waals surface area contributed by atoms with Gasteiger partial charge in [-0.2, -0.15) is 5.10 Å². The molecule has 6 nitrogen and oxygen atoms in total. The number of para-hydroxylation sites is 1. The zero-order valence-electron chi connectivity index (χ0n) is 14.6. The van der Waals surface area contributed by atoms with Crippen molar-refractivity contribution in [2.24, 2.45) is 0 Å². The van der Waals surface area contributed by atoms with Crippen LogP contribution in [0, 0.1) is 0 Å². The Morgan fingerprint density at radius 2 is 2.00 bits per heavy atom. The number of carbonyl (C=O) groups is 1. The van der Waals surface area contributed by atoms with Crippen LogP contribution >= 0.6 is 11.8 Å². The van der Waals surface area contributed by atoms with Gasteiger partial charge in [0.15, 0.2) is 5.16 Å². The molecule has 0 aliphatic rings. The molecule has 0 aliphatic heterocycles. The van der Waals surface area contributed by atoms with Gasteiger partial charge < -0.3 is 10.1 Å². The molecule has 3 aromatic rings. The summed E-state index contributed by atoms with van der Waals surface area (Å²) in [6.07, 6.45) is 1.47. The molecule has 0 radical (unpaired) electrons. The molecule has 1 aromatic heterocycles. The van der Waals surface area contributed by atoms with Gasteiger partial charge in [-0.05, 0) is 24.6 Å². The first-order valence-corrected chi connectivity index (χ1v) is 9.17. The van der Waals surface area contributed by atoms with Crippen molar-refractivity contribution in [3.63, 3.8) is 0 Å². The lowest BCUT2D eigenvalue weighted by molar-refractivity contribution is 0.0939. The van der Waals surface area contributed by atoms with Crippen molar-refractivity contribution in [1.82, 2.24) is 20.5 Å². The third-order valence-electron chi connectivity index (χ3n) is 3.97. The van der Waals surface area contributed by atoms with E-state index < -0.39 is 0 Å². The summed E-state index contributed by atoms with van der Waals surface area (Å²) in [7, 11) is 1.63. The van der Waals surface area contributed by atoms with Gasteiger partial charge in [-0.15, -0.1) is 0 Å². The van der Waals surface area contributed by atoms with Crippen molar-refractivity contribution >= 4 is 17.7 Å². The lowest BCUT2D eigenvalue weighted by atomic mass is 10.0. The van der Waals surface area contributed by atoms with E-state index in [0.29, 0.717) is 11.3 Å². The molecule has 0 aliphatic carbocycles. The number of H-pyrrole nitrogens is 1. The molecule has 0 saturated heterocycles. The first-order valence-electron chi connectivity index (χ1n) is 8.19. The summed E-state index contributed by atoms with van der Waals surface area (Å²) < 4.78 is 5.39. The maximum Gasteiger partial charge on any atom is 0.252 e. The summed E-state index contributed by atoms with van der Waals surface area (Å²) in [6, 6.07) is 15.1. The van der Waals surface area contributed by atoms with Crippen LogP contribution in [0.15, 0.2) is 60.0 Å². The molecule has 0 saturated carbocycles. The van der Waals surface area contributed by atoms with Gasteiger partial charge in [-0.3, -0.25) is 9.89 Å². The number of carbonyl (C=O) groups excluding carboxylic acids is 1. The molecule has 7 heteroatoms. The lowest BCUT2D eigenvalue weighted by Gasteiger charge is -2.18. The molecule has 2 aromatic carbocycles. The monoisotopic (exact) mass is 368 g/mol. The van der Waals surface area contributed by atoms with E-state index in [2.05, 4.69) is 20.5 Å². The zero-order chi connectivity index (χ0) is 18.4. The highest BCUT2D eigenvalue weighted by atomic mass is 32.2. The highest BCUT2D eigenvalue weighted by Gasteiger charge is 2.17. The van der Waals surface area contributed by atoms with Gasteiger partial charge in [0.25, 0.3) is 5.91 Å². The number of nitrogens with one attached hydrogen (secondary N) is 2. The van der Waals surface area contributed by atoms with Crippen molar-refractivity contribution < 1.29 is 9.53 Å². The van der Waals surface area contributed by atoms with Crippen molar-refractivity contribution in [1.29, 1.82) is 0 Å². The van der Waals surface area contributed by atoms with Gasteiger partial charge in [-0.1, -0.05) is 48.2 Å². The van der Waals surface area contributed by atoms with E-state index in [-0.39, 0.29) is 11.9 Å². The highest BCUT2D eigenvalue weighted by Crippen LogP contribution is 2.25. The molecule has 1 amide bonds. The molecular weight excluding hydrogens is 348 g/mol. The molecule has 0 spiro atoms. The number of thioether (sulfide) groups is 1. The van der Waals surface area contributed by atoms with E-state index in [9.17, 15) is 4.79 Å². The molecule has 1 heterocycles. The molecule has 1 atom stereocenters. The Labute approximate surface area is 156 Å².